The van der Waals surface area contributed by atoms with Crippen molar-refractivity contribution in [2.75, 3.05) is 17.7 Å². The van der Waals surface area contributed by atoms with Gasteiger partial charge in [0.1, 0.15) is 0 Å². The molecule has 0 unspecified atom stereocenters. The Kier molecular flexibility index (Phi) is 4.23. The van der Waals surface area contributed by atoms with Gasteiger partial charge < -0.3 is 10.6 Å². The van der Waals surface area contributed by atoms with E-state index < -0.39 is 0 Å². The molecule has 0 bridgehead atoms. The largest absolute Gasteiger partial charge is 0.399 e. The summed E-state index contributed by atoms with van der Waals surface area (Å²) < 4.78 is 0. The zero-order valence-electron chi connectivity index (χ0n) is 12.6. The molecule has 1 heterocycles. The fourth-order valence-corrected chi connectivity index (χ4v) is 2.01. The Hall–Kier alpha value is -2.10. The maximum absolute atomic E-state index is 5.70. The van der Waals surface area contributed by atoms with E-state index in [1.165, 1.54) is 5.56 Å². The summed E-state index contributed by atoms with van der Waals surface area (Å²) in [7, 11) is 2.01. The van der Waals surface area contributed by atoms with Gasteiger partial charge in [-0.15, -0.1) is 0 Å². The normalized spacial score (nSPS) is 10.8. The standard InChI is InChI=1S/C16H22N4/c1-11(2)15-9-12(3)18-16(19-15)20(4)10-13-5-7-14(17)8-6-13/h5-9,11H,10,17H2,1-4H3. The molecule has 0 saturated carbocycles. The van der Waals surface area contributed by atoms with Crippen LogP contribution in [0.1, 0.15) is 36.7 Å². The molecule has 4 nitrogen and oxygen atoms in total. The molecule has 1 aromatic heterocycles. The van der Waals surface area contributed by atoms with Crippen molar-refractivity contribution in [1.82, 2.24) is 9.97 Å². The topological polar surface area (TPSA) is 55.0 Å². The Morgan fingerprint density at radius 3 is 2.40 bits per heavy atom. The van der Waals surface area contributed by atoms with Crippen molar-refractivity contribution in [1.29, 1.82) is 0 Å². The molecule has 4 heteroatoms. The van der Waals surface area contributed by atoms with Crippen LogP contribution in [0.25, 0.3) is 0 Å². The van der Waals surface area contributed by atoms with E-state index in [4.69, 9.17) is 5.73 Å². The smallest absolute Gasteiger partial charge is 0.225 e. The second-order valence-corrected chi connectivity index (χ2v) is 5.49. The molecule has 0 fully saturated rings. The van der Waals surface area contributed by atoms with Crippen molar-refractivity contribution in [3.05, 3.63) is 47.3 Å². The Bertz CT molecular complexity index is 576. The summed E-state index contributed by atoms with van der Waals surface area (Å²) in [6.45, 7) is 7.06. The van der Waals surface area contributed by atoms with Crippen molar-refractivity contribution < 1.29 is 0 Å². The summed E-state index contributed by atoms with van der Waals surface area (Å²) in [6, 6.07) is 9.95. The SMILES string of the molecule is Cc1cc(C(C)C)nc(N(C)Cc2ccc(N)cc2)n1. The summed E-state index contributed by atoms with van der Waals surface area (Å²) >= 11 is 0. The van der Waals surface area contributed by atoms with Gasteiger partial charge in [-0.05, 0) is 36.6 Å². The first-order valence-corrected chi connectivity index (χ1v) is 6.87. The predicted octanol–water partition coefficient (Wildman–Crippen LogP) is 3.13. The van der Waals surface area contributed by atoms with Gasteiger partial charge in [0.05, 0.1) is 0 Å². The average molecular weight is 270 g/mol. The van der Waals surface area contributed by atoms with Crippen LogP contribution in [-0.4, -0.2) is 17.0 Å². The molecule has 0 atom stereocenters. The highest BCUT2D eigenvalue weighted by Gasteiger charge is 2.10. The van der Waals surface area contributed by atoms with Crippen LogP contribution in [0.4, 0.5) is 11.6 Å². The second-order valence-electron chi connectivity index (χ2n) is 5.49. The lowest BCUT2D eigenvalue weighted by Gasteiger charge is -2.19. The van der Waals surface area contributed by atoms with Gasteiger partial charge >= 0.3 is 0 Å². The van der Waals surface area contributed by atoms with Gasteiger partial charge in [-0.25, -0.2) is 9.97 Å². The van der Waals surface area contributed by atoms with E-state index in [1.807, 2.05) is 44.3 Å². The number of hydrogen-bond donors (Lipinski definition) is 1. The zero-order chi connectivity index (χ0) is 14.7. The third-order valence-corrected chi connectivity index (χ3v) is 3.19. The molecular formula is C16H22N4. The fourth-order valence-electron chi connectivity index (χ4n) is 2.01. The number of rotatable bonds is 4. The Morgan fingerprint density at radius 2 is 1.80 bits per heavy atom. The number of nitrogen functional groups attached to an aromatic ring is 1. The molecule has 106 valence electrons. The number of hydrogen-bond acceptors (Lipinski definition) is 4. The van der Waals surface area contributed by atoms with Crippen LogP contribution >= 0.6 is 0 Å². The van der Waals surface area contributed by atoms with E-state index in [0.29, 0.717) is 5.92 Å². The lowest BCUT2D eigenvalue weighted by atomic mass is 10.1. The molecule has 2 aromatic rings. The molecule has 2 N–H and O–H groups in total. The maximum atomic E-state index is 5.70. The molecule has 0 aliphatic carbocycles. The molecule has 0 spiro atoms. The Balaban J connectivity index is 2.20. The van der Waals surface area contributed by atoms with Gasteiger partial charge in [0, 0.05) is 30.7 Å². The molecule has 0 aliphatic rings. The first-order chi connectivity index (χ1) is 9.45. The number of aromatic nitrogens is 2. The van der Waals surface area contributed by atoms with E-state index in [-0.39, 0.29) is 0 Å². The minimum atomic E-state index is 0.403. The molecular weight excluding hydrogens is 248 g/mol. The molecule has 2 rings (SSSR count). The van der Waals surface area contributed by atoms with Crippen molar-refractivity contribution in [2.24, 2.45) is 0 Å². The first-order valence-electron chi connectivity index (χ1n) is 6.87. The highest BCUT2D eigenvalue weighted by molar-refractivity contribution is 5.41. The van der Waals surface area contributed by atoms with Gasteiger partial charge in [0.2, 0.25) is 5.95 Å². The summed E-state index contributed by atoms with van der Waals surface area (Å²) in [6.07, 6.45) is 0. The van der Waals surface area contributed by atoms with E-state index >= 15 is 0 Å². The van der Waals surface area contributed by atoms with Crippen LogP contribution < -0.4 is 10.6 Å². The van der Waals surface area contributed by atoms with E-state index in [9.17, 15) is 0 Å². The summed E-state index contributed by atoms with van der Waals surface area (Å²) in [5.74, 6) is 1.17. The quantitative estimate of drug-likeness (QED) is 0.867. The number of nitrogens with two attached hydrogens (primary N) is 1. The van der Waals surface area contributed by atoms with Gasteiger partial charge in [0.15, 0.2) is 0 Å². The van der Waals surface area contributed by atoms with Gasteiger partial charge in [0.25, 0.3) is 0 Å². The molecule has 0 saturated heterocycles. The van der Waals surface area contributed by atoms with Crippen LogP contribution in [0.2, 0.25) is 0 Å². The van der Waals surface area contributed by atoms with E-state index in [0.717, 1.165) is 29.6 Å². The minimum absolute atomic E-state index is 0.403. The van der Waals surface area contributed by atoms with Crippen LogP contribution in [-0.2, 0) is 6.54 Å². The molecule has 1 aromatic carbocycles. The minimum Gasteiger partial charge on any atom is -0.399 e. The van der Waals surface area contributed by atoms with Gasteiger partial charge in [-0.3, -0.25) is 0 Å². The fraction of sp³-hybridized carbons (Fsp3) is 0.375. The predicted molar refractivity (Wildman–Crippen MR) is 83.8 cm³/mol. The molecule has 0 amide bonds. The molecule has 0 radical (unpaired) electrons. The number of aryl methyl sites for hydroxylation is 1. The van der Waals surface area contributed by atoms with Crippen LogP contribution in [0.15, 0.2) is 30.3 Å². The first kappa shape index (κ1) is 14.3. The zero-order valence-corrected chi connectivity index (χ0v) is 12.6. The number of benzene rings is 1. The Morgan fingerprint density at radius 1 is 1.15 bits per heavy atom. The summed E-state index contributed by atoms with van der Waals surface area (Å²) in [5, 5.41) is 0. The van der Waals surface area contributed by atoms with Crippen LogP contribution in [0, 0.1) is 6.92 Å². The van der Waals surface area contributed by atoms with Crippen molar-refractivity contribution in [3.8, 4) is 0 Å². The lowest BCUT2D eigenvalue weighted by molar-refractivity contribution is 0.783. The second kappa shape index (κ2) is 5.90. The van der Waals surface area contributed by atoms with Crippen molar-refractivity contribution in [2.45, 2.75) is 33.2 Å². The van der Waals surface area contributed by atoms with Crippen molar-refractivity contribution >= 4 is 11.6 Å². The Labute approximate surface area is 120 Å². The summed E-state index contributed by atoms with van der Waals surface area (Å²) in [4.78, 5) is 11.2. The summed E-state index contributed by atoms with van der Waals surface area (Å²) in [5.41, 5.74) is 9.76. The monoisotopic (exact) mass is 270 g/mol. The van der Waals surface area contributed by atoms with Crippen LogP contribution in [0.3, 0.4) is 0 Å². The van der Waals surface area contributed by atoms with E-state index in [1.54, 1.807) is 0 Å². The lowest BCUT2D eigenvalue weighted by Crippen LogP contribution is -2.20. The van der Waals surface area contributed by atoms with E-state index in [2.05, 4.69) is 28.7 Å². The third kappa shape index (κ3) is 3.47. The maximum Gasteiger partial charge on any atom is 0.225 e. The highest BCUT2D eigenvalue weighted by Crippen LogP contribution is 2.17. The highest BCUT2D eigenvalue weighted by atomic mass is 15.2. The van der Waals surface area contributed by atoms with Crippen LogP contribution in [0.5, 0.6) is 0 Å². The third-order valence-electron chi connectivity index (χ3n) is 3.19. The number of anilines is 2. The molecule has 0 aliphatic heterocycles. The molecule has 20 heavy (non-hydrogen) atoms. The van der Waals surface area contributed by atoms with Crippen molar-refractivity contribution in [3.63, 3.8) is 0 Å². The van der Waals surface area contributed by atoms with Gasteiger partial charge in [-0.1, -0.05) is 26.0 Å². The average Bonchev–Trinajstić information content (AvgIpc) is 2.40. The van der Waals surface area contributed by atoms with Gasteiger partial charge in [-0.2, -0.15) is 0 Å². The number of nitrogens with zero attached hydrogens (tertiary/aromatic N) is 3.